The fraction of sp³-hybridized carbons (Fsp3) is 0.235. The predicted molar refractivity (Wildman–Crippen MR) is 83.9 cm³/mol. The second kappa shape index (κ2) is 5.98. The van der Waals surface area contributed by atoms with Crippen molar-refractivity contribution in [3.05, 3.63) is 69.4 Å². The Bertz CT molecular complexity index is 659. The van der Waals surface area contributed by atoms with Gasteiger partial charge in [-0.1, -0.05) is 30.3 Å². The summed E-state index contributed by atoms with van der Waals surface area (Å²) in [6.07, 6.45) is 1.68. The molecule has 4 heteroatoms. The first-order chi connectivity index (χ1) is 10.2. The van der Waals surface area contributed by atoms with Crippen LogP contribution in [0.5, 0.6) is 0 Å². The zero-order chi connectivity index (χ0) is 14.8. The lowest BCUT2D eigenvalue weighted by atomic mass is 10.0. The Labute approximate surface area is 131 Å². The topological polar surface area (TPSA) is 20.3 Å². The predicted octanol–water partition coefficient (Wildman–Crippen LogP) is 3.83. The lowest BCUT2D eigenvalue weighted by molar-refractivity contribution is 0.0761. The first-order valence-corrected chi connectivity index (χ1v) is 7.76. The zero-order valence-corrected chi connectivity index (χ0v) is 13.1. The fourth-order valence-corrected chi connectivity index (χ4v) is 3.14. The number of nitrogens with zero attached hydrogens (tertiary/aromatic N) is 1. The van der Waals surface area contributed by atoms with Crippen LogP contribution >= 0.6 is 15.9 Å². The van der Waals surface area contributed by atoms with E-state index in [2.05, 4.69) is 28.1 Å². The number of fused-ring (bicyclic) bond motifs is 1. The quantitative estimate of drug-likeness (QED) is 0.767. The van der Waals surface area contributed by atoms with E-state index in [9.17, 15) is 9.18 Å². The van der Waals surface area contributed by atoms with Crippen molar-refractivity contribution in [1.29, 1.82) is 0 Å². The molecule has 2 nitrogen and oxygen atoms in total. The molecule has 0 radical (unpaired) electrons. The first-order valence-electron chi connectivity index (χ1n) is 6.97. The Morgan fingerprint density at radius 3 is 2.24 bits per heavy atom. The van der Waals surface area contributed by atoms with Gasteiger partial charge in [0, 0.05) is 13.1 Å². The van der Waals surface area contributed by atoms with Gasteiger partial charge in [-0.2, -0.15) is 0 Å². The van der Waals surface area contributed by atoms with Crippen molar-refractivity contribution < 1.29 is 9.18 Å². The standard InChI is InChI=1S/C17H15BrFNO/c18-16-14(6-3-7-15(16)19)17(21)20-10-8-12-4-1-2-5-13(12)9-11-20/h1-7H,8-11H2. The monoisotopic (exact) mass is 347 g/mol. The third kappa shape index (κ3) is 2.86. The van der Waals surface area contributed by atoms with Gasteiger partial charge in [0.2, 0.25) is 0 Å². The van der Waals surface area contributed by atoms with Gasteiger partial charge >= 0.3 is 0 Å². The van der Waals surface area contributed by atoms with Crippen LogP contribution in [0.4, 0.5) is 4.39 Å². The molecular weight excluding hydrogens is 333 g/mol. The van der Waals surface area contributed by atoms with E-state index in [-0.39, 0.29) is 10.4 Å². The van der Waals surface area contributed by atoms with E-state index in [1.807, 2.05) is 12.1 Å². The van der Waals surface area contributed by atoms with E-state index < -0.39 is 5.82 Å². The second-order valence-corrected chi connectivity index (χ2v) is 5.96. The minimum absolute atomic E-state index is 0.116. The van der Waals surface area contributed by atoms with Crippen molar-refractivity contribution in [3.63, 3.8) is 0 Å². The molecule has 0 aliphatic carbocycles. The average Bonchev–Trinajstić information content (AvgIpc) is 2.72. The Balaban J connectivity index is 1.83. The molecule has 1 heterocycles. The third-order valence-electron chi connectivity index (χ3n) is 3.89. The Kier molecular flexibility index (Phi) is 4.06. The smallest absolute Gasteiger partial charge is 0.255 e. The maximum absolute atomic E-state index is 13.6. The number of amides is 1. The van der Waals surface area contributed by atoms with Crippen molar-refractivity contribution in [2.45, 2.75) is 12.8 Å². The number of hydrogen-bond acceptors (Lipinski definition) is 1. The van der Waals surface area contributed by atoms with Crippen molar-refractivity contribution in [3.8, 4) is 0 Å². The summed E-state index contributed by atoms with van der Waals surface area (Å²) in [6, 6.07) is 12.9. The van der Waals surface area contributed by atoms with E-state index in [0.29, 0.717) is 18.7 Å². The summed E-state index contributed by atoms with van der Waals surface area (Å²) in [5.41, 5.74) is 2.98. The lowest BCUT2D eigenvalue weighted by Crippen LogP contribution is -2.33. The summed E-state index contributed by atoms with van der Waals surface area (Å²) in [5, 5.41) is 0. The maximum Gasteiger partial charge on any atom is 0.255 e. The highest BCUT2D eigenvalue weighted by Gasteiger charge is 2.22. The molecular formula is C17H15BrFNO. The molecule has 108 valence electrons. The molecule has 0 aromatic heterocycles. The molecule has 0 atom stereocenters. The number of halogens is 2. The molecule has 0 bridgehead atoms. The molecule has 1 aliphatic heterocycles. The molecule has 0 N–H and O–H groups in total. The van der Waals surface area contributed by atoms with E-state index in [0.717, 1.165) is 12.8 Å². The Morgan fingerprint density at radius 1 is 1.00 bits per heavy atom. The van der Waals surface area contributed by atoms with Crippen molar-refractivity contribution >= 4 is 21.8 Å². The van der Waals surface area contributed by atoms with Crippen LogP contribution in [0, 0.1) is 5.82 Å². The summed E-state index contributed by atoms with van der Waals surface area (Å²) >= 11 is 3.17. The minimum Gasteiger partial charge on any atom is -0.338 e. The molecule has 0 saturated heterocycles. The van der Waals surface area contributed by atoms with E-state index >= 15 is 0 Å². The van der Waals surface area contributed by atoms with Crippen LogP contribution in [0.3, 0.4) is 0 Å². The molecule has 3 rings (SSSR count). The Hall–Kier alpha value is -1.68. The SMILES string of the molecule is O=C(c1cccc(F)c1Br)N1CCc2ccccc2CC1. The molecule has 0 saturated carbocycles. The molecule has 0 unspecified atom stereocenters. The van der Waals surface area contributed by atoms with E-state index in [1.165, 1.54) is 17.2 Å². The zero-order valence-electron chi connectivity index (χ0n) is 11.5. The highest BCUT2D eigenvalue weighted by molar-refractivity contribution is 9.10. The van der Waals surface area contributed by atoms with Crippen LogP contribution in [-0.4, -0.2) is 23.9 Å². The van der Waals surface area contributed by atoms with Crippen LogP contribution in [-0.2, 0) is 12.8 Å². The summed E-state index contributed by atoms with van der Waals surface area (Å²) in [5.74, 6) is -0.520. The molecule has 1 amide bonds. The van der Waals surface area contributed by atoms with Gasteiger partial charge in [-0.15, -0.1) is 0 Å². The van der Waals surface area contributed by atoms with E-state index in [4.69, 9.17) is 0 Å². The Morgan fingerprint density at radius 2 is 1.62 bits per heavy atom. The normalized spacial score (nSPS) is 14.5. The van der Waals surface area contributed by atoms with Gasteiger partial charge in [0.05, 0.1) is 10.0 Å². The number of carbonyl (C=O) groups excluding carboxylic acids is 1. The highest BCUT2D eigenvalue weighted by Crippen LogP contribution is 2.23. The van der Waals surface area contributed by atoms with Gasteiger partial charge in [-0.05, 0) is 52.0 Å². The number of hydrogen-bond donors (Lipinski definition) is 0. The fourth-order valence-electron chi connectivity index (χ4n) is 2.71. The van der Waals surface area contributed by atoms with Gasteiger partial charge < -0.3 is 4.90 Å². The van der Waals surface area contributed by atoms with Gasteiger partial charge in [0.1, 0.15) is 5.82 Å². The first kappa shape index (κ1) is 14.3. The molecule has 0 fully saturated rings. The maximum atomic E-state index is 13.6. The number of benzene rings is 2. The van der Waals surface area contributed by atoms with Crippen LogP contribution in [0.15, 0.2) is 46.9 Å². The van der Waals surface area contributed by atoms with Gasteiger partial charge in [-0.25, -0.2) is 4.39 Å². The largest absolute Gasteiger partial charge is 0.338 e. The minimum atomic E-state index is -0.404. The van der Waals surface area contributed by atoms with Crippen molar-refractivity contribution in [1.82, 2.24) is 4.90 Å². The van der Waals surface area contributed by atoms with Crippen LogP contribution in [0.2, 0.25) is 0 Å². The second-order valence-electron chi connectivity index (χ2n) is 5.16. The summed E-state index contributed by atoms with van der Waals surface area (Å²) < 4.78 is 13.8. The third-order valence-corrected chi connectivity index (χ3v) is 4.70. The van der Waals surface area contributed by atoms with Gasteiger partial charge in [0.15, 0.2) is 0 Å². The summed E-state index contributed by atoms with van der Waals surface area (Å²) in [6.45, 7) is 1.33. The highest BCUT2D eigenvalue weighted by atomic mass is 79.9. The average molecular weight is 348 g/mol. The molecule has 21 heavy (non-hydrogen) atoms. The molecule has 1 aliphatic rings. The summed E-state index contributed by atoms with van der Waals surface area (Å²) in [7, 11) is 0. The van der Waals surface area contributed by atoms with Crippen molar-refractivity contribution in [2.24, 2.45) is 0 Å². The number of carbonyl (C=O) groups is 1. The number of rotatable bonds is 1. The van der Waals surface area contributed by atoms with Crippen LogP contribution < -0.4 is 0 Å². The van der Waals surface area contributed by atoms with Gasteiger partial charge in [0.25, 0.3) is 5.91 Å². The van der Waals surface area contributed by atoms with Crippen molar-refractivity contribution in [2.75, 3.05) is 13.1 Å². The molecule has 0 spiro atoms. The lowest BCUT2D eigenvalue weighted by Gasteiger charge is -2.21. The summed E-state index contributed by atoms with van der Waals surface area (Å²) in [4.78, 5) is 14.4. The van der Waals surface area contributed by atoms with Gasteiger partial charge in [-0.3, -0.25) is 4.79 Å². The van der Waals surface area contributed by atoms with Crippen LogP contribution in [0.25, 0.3) is 0 Å². The van der Waals surface area contributed by atoms with E-state index in [1.54, 1.807) is 17.0 Å². The van der Waals surface area contributed by atoms with Crippen LogP contribution in [0.1, 0.15) is 21.5 Å². The molecule has 2 aromatic rings. The molecule has 2 aromatic carbocycles.